The number of hydrogen-bond donors (Lipinski definition) is 2. The van der Waals surface area contributed by atoms with Gasteiger partial charge in [0.05, 0.1) is 19.3 Å². The van der Waals surface area contributed by atoms with Crippen molar-refractivity contribution in [2.45, 2.75) is 39.3 Å². The number of ether oxygens (including phenoxy) is 1. The molecule has 0 radical (unpaired) electrons. The lowest BCUT2D eigenvalue weighted by Gasteiger charge is -2.35. The van der Waals surface area contributed by atoms with E-state index in [0.29, 0.717) is 0 Å². The van der Waals surface area contributed by atoms with E-state index < -0.39 is 0 Å². The van der Waals surface area contributed by atoms with Crippen molar-refractivity contribution < 1.29 is 9.53 Å². The molecule has 0 bridgehead atoms. The van der Waals surface area contributed by atoms with Crippen molar-refractivity contribution in [3.05, 3.63) is 35.4 Å². The molecule has 2 N–H and O–H groups in total. The number of aryl methyl sites for hydroxylation is 1. The Morgan fingerprint density at radius 1 is 1.19 bits per heavy atom. The lowest BCUT2D eigenvalue weighted by molar-refractivity contribution is -0.133. The van der Waals surface area contributed by atoms with Crippen molar-refractivity contribution in [2.24, 2.45) is 10.9 Å². The average molecular weight is 543 g/mol. The van der Waals surface area contributed by atoms with E-state index in [4.69, 9.17) is 4.74 Å². The number of morpholine rings is 1. The number of rotatable bonds is 6. The fraction of sp³-hybridized carbons (Fsp3) is 0.652. The van der Waals surface area contributed by atoms with Crippen molar-refractivity contribution >= 4 is 35.8 Å². The molecular weight excluding hydrogens is 505 g/mol. The summed E-state index contributed by atoms with van der Waals surface area (Å²) in [6, 6.07) is 9.29. The first-order valence-electron chi connectivity index (χ1n) is 11.1. The lowest BCUT2D eigenvalue weighted by atomic mass is 10.0. The number of nitrogens with zero attached hydrogens (tertiary/aromatic N) is 3. The van der Waals surface area contributed by atoms with E-state index in [1.54, 1.807) is 7.05 Å². The SMILES string of the molecule is CN=C(NCC(c1ccc(C)cc1)N1CCOCC1)NC1CCN(C(=O)C(C)C)C1.I. The van der Waals surface area contributed by atoms with Crippen molar-refractivity contribution in [3.63, 3.8) is 0 Å². The van der Waals surface area contributed by atoms with E-state index in [1.807, 2.05) is 18.7 Å². The normalized spacial score (nSPS) is 21.0. The van der Waals surface area contributed by atoms with E-state index >= 15 is 0 Å². The van der Waals surface area contributed by atoms with Gasteiger partial charge < -0.3 is 20.3 Å². The number of nitrogens with one attached hydrogen (secondary N) is 2. The van der Waals surface area contributed by atoms with Crippen LogP contribution >= 0.6 is 24.0 Å². The third-order valence-electron chi connectivity index (χ3n) is 5.97. The molecule has 1 aromatic carbocycles. The molecule has 7 nitrogen and oxygen atoms in total. The molecule has 31 heavy (non-hydrogen) atoms. The summed E-state index contributed by atoms with van der Waals surface area (Å²) in [5.41, 5.74) is 2.58. The minimum Gasteiger partial charge on any atom is -0.379 e. The summed E-state index contributed by atoms with van der Waals surface area (Å²) >= 11 is 0. The molecule has 2 aliphatic rings. The van der Waals surface area contributed by atoms with Gasteiger partial charge in [-0.3, -0.25) is 14.7 Å². The molecule has 0 aromatic heterocycles. The highest BCUT2D eigenvalue weighted by Crippen LogP contribution is 2.22. The molecule has 174 valence electrons. The average Bonchev–Trinajstić information content (AvgIpc) is 3.22. The molecule has 2 fully saturated rings. The van der Waals surface area contributed by atoms with Crippen LogP contribution in [-0.4, -0.2) is 80.7 Å². The summed E-state index contributed by atoms with van der Waals surface area (Å²) in [6.07, 6.45) is 0.948. The van der Waals surface area contributed by atoms with Gasteiger partial charge in [-0.25, -0.2) is 0 Å². The molecule has 2 heterocycles. The van der Waals surface area contributed by atoms with Gasteiger partial charge in [0.2, 0.25) is 5.91 Å². The van der Waals surface area contributed by atoms with Crippen LogP contribution in [0.5, 0.6) is 0 Å². The van der Waals surface area contributed by atoms with Gasteiger partial charge >= 0.3 is 0 Å². The van der Waals surface area contributed by atoms with Gasteiger partial charge in [-0.1, -0.05) is 43.7 Å². The summed E-state index contributed by atoms with van der Waals surface area (Å²) in [7, 11) is 1.80. The maximum atomic E-state index is 12.3. The second kappa shape index (κ2) is 12.6. The summed E-state index contributed by atoms with van der Waals surface area (Å²) in [4.78, 5) is 21.1. The fourth-order valence-electron chi connectivity index (χ4n) is 4.16. The Balaban J connectivity index is 0.00000341. The third kappa shape index (κ3) is 7.32. The van der Waals surface area contributed by atoms with Crippen molar-refractivity contribution in [3.8, 4) is 0 Å². The Labute approximate surface area is 204 Å². The van der Waals surface area contributed by atoms with Crippen LogP contribution in [0.3, 0.4) is 0 Å². The molecule has 0 aliphatic carbocycles. The second-order valence-electron chi connectivity index (χ2n) is 8.60. The molecule has 2 aliphatic heterocycles. The molecular formula is C23H38IN5O2. The number of amides is 1. The summed E-state index contributed by atoms with van der Waals surface area (Å²) in [6.45, 7) is 11.8. The van der Waals surface area contributed by atoms with Gasteiger partial charge in [0.25, 0.3) is 0 Å². The van der Waals surface area contributed by atoms with Crippen molar-refractivity contribution in [1.29, 1.82) is 0 Å². The number of benzene rings is 1. The zero-order valence-electron chi connectivity index (χ0n) is 19.3. The Hall–Kier alpha value is -1.39. The predicted molar refractivity (Wildman–Crippen MR) is 136 cm³/mol. The standard InChI is InChI=1S/C23H37N5O2.HI/c1-17(2)22(29)28-10-9-20(16-28)26-23(24-4)25-15-21(27-11-13-30-14-12-27)19-7-5-18(3)6-8-19;/h5-8,17,20-21H,9-16H2,1-4H3,(H2,24,25,26);1H. The minimum absolute atomic E-state index is 0. The molecule has 1 amide bonds. The third-order valence-corrected chi connectivity index (χ3v) is 5.97. The van der Waals surface area contributed by atoms with Gasteiger partial charge in [-0.15, -0.1) is 24.0 Å². The van der Waals surface area contributed by atoms with Crippen LogP contribution in [0.25, 0.3) is 0 Å². The van der Waals surface area contributed by atoms with Gasteiger partial charge in [-0.2, -0.15) is 0 Å². The first kappa shape index (κ1) is 25.9. The van der Waals surface area contributed by atoms with Crippen LogP contribution in [0.2, 0.25) is 0 Å². The van der Waals surface area contributed by atoms with Crippen molar-refractivity contribution in [1.82, 2.24) is 20.4 Å². The highest BCUT2D eigenvalue weighted by atomic mass is 127. The molecule has 0 spiro atoms. The van der Waals surface area contributed by atoms with E-state index in [-0.39, 0.29) is 47.9 Å². The predicted octanol–water partition coefficient (Wildman–Crippen LogP) is 2.41. The number of hydrogen-bond acceptors (Lipinski definition) is 4. The minimum atomic E-state index is 0. The number of carbonyl (C=O) groups excluding carboxylic acids is 1. The van der Waals surface area contributed by atoms with Gasteiger partial charge in [0, 0.05) is 51.7 Å². The van der Waals surface area contributed by atoms with Crippen LogP contribution < -0.4 is 10.6 Å². The summed E-state index contributed by atoms with van der Waals surface area (Å²) < 4.78 is 5.56. The van der Waals surface area contributed by atoms with Crippen molar-refractivity contribution in [2.75, 3.05) is 53.0 Å². The molecule has 2 saturated heterocycles. The van der Waals surface area contributed by atoms with E-state index in [1.165, 1.54) is 11.1 Å². The Morgan fingerprint density at radius 2 is 1.87 bits per heavy atom. The molecule has 0 saturated carbocycles. The number of carbonyl (C=O) groups is 1. The van der Waals surface area contributed by atoms with Crippen LogP contribution in [0.1, 0.15) is 37.4 Å². The Kier molecular flexibility index (Phi) is 10.5. The molecule has 2 unspecified atom stereocenters. The molecule has 3 rings (SSSR count). The summed E-state index contributed by atoms with van der Waals surface area (Å²) in [5, 5.41) is 7.04. The Bertz CT molecular complexity index is 719. The van der Waals surface area contributed by atoms with Crippen LogP contribution in [-0.2, 0) is 9.53 Å². The second-order valence-corrected chi connectivity index (χ2v) is 8.60. The highest BCUT2D eigenvalue weighted by Gasteiger charge is 2.28. The zero-order valence-corrected chi connectivity index (χ0v) is 21.6. The first-order valence-corrected chi connectivity index (χ1v) is 11.1. The summed E-state index contributed by atoms with van der Waals surface area (Å²) in [5.74, 6) is 1.07. The van der Waals surface area contributed by atoms with Gasteiger partial charge in [0.15, 0.2) is 5.96 Å². The fourth-order valence-corrected chi connectivity index (χ4v) is 4.16. The van der Waals surface area contributed by atoms with E-state index in [9.17, 15) is 4.79 Å². The lowest BCUT2D eigenvalue weighted by Crippen LogP contribution is -2.49. The topological polar surface area (TPSA) is 69.2 Å². The van der Waals surface area contributed by atoms with E-state index in [2.05, 4.69) is 51.7 Å². The largest absolute Gasteiger partial charge is 0.379 e. The number of guanidine groups is 1. The molecule has 8 heteroatoms. The molecule has 2 atom stereocenters. The maximum absolute atomic E-state index is 12.3. The van der Waals surface area contributed by atoms with E-state index in [0.717, 1.165) is 58.3 Å². The quantitative estimate of drug-likeness (QED) is 0.328. The Morgan fingerprint density at radius 3 is 2.48 bits per heavy atom. The monoisotopic (exact) mass is 543 g/mol. The van der Waals surface area contributed by atoms with Crippen LogP contribution in [0.15, 0.2) is 29.3 Å². The number of halogens is 1. The highest BCUT2D eigenvalue weighted by molar-refractivity contribution is 14.0. The van der Waals surface area contributed by atoms with Gasteiger partial charge in [0.1, 0.15) is 0 Å². The maximum Gasteiger partial charge on any atom is 0.225 e. The molecule has 1 aromatic rings. The first-order chi connectivity index (χ1) is 14.5. The van der Waals surface area contributed by atoms with Gasteiger partial charge in [-0.05, 0) is 18.9 Å². The van der Waals surface area contributed by atoms with Crippen LogP contribution in [0.4, 0.5) is 0 Å². The number of aliphatic imine (C=N–C) groups is 1. The number of likely N-dealkylation sites (tertiary alicyclic amines) is 1. The van der Waals surface area contributed by atoms with Crippen LogP contribution in [0, 0.1) is 12.8 Å². The zero-order chi connectivity index (χ0) is 21.5. The smallest absolute Gasteiger partial charge is 0.225 e.